The van der Waals surface area contributed by atoms with Crippen LogP contribution in [0.5, 0.6) is 0 Å². The van der Waals surface area contributed by atoms with E-state index in [4.69, 9.17) is 0 Å². The van der Waals surface area contributed by atoms with Crippen LogP contribution in [0.15, 0.2) is 30.6 Å². The molecule has 0 radical (unpaired) electrons. The average molecular weight is 314 g/mol. The van der Waals surface area contributed by atoms with Crippen LogP contribution in [0.4, 0.5) is 0 Å². The number of aromatic nitrogens is 2. The fourth-order valence-corrected chi connectivity index (χ4v) is 4.08. The third-order valence-electron chi connectivity index (χ3n) is 5.38. The fourth-order valence-electron chi connectivity index (χ4n) is 4.08. The minimum atomic E-state index is -0.201. The highest BCUT2D eigenvalue weighted by molar-refractivity contribution is 5.74. The maximum Gasteiger partial charge on any atom is 0.0958 e. The molecule has 5 heteroatoms. The highest BCUT2D eigenvalue weighted by atomic mass is 16.3. The largest absolute Gasteiger partial charge is 0.390 e. The van der Waals surface area contributed by atoms with Gasteiger partial charge in [-0.3, -0.25) is 9.80 Å². The first kappa shape index (κ1) is 15.1. The summed E-state index contributed by atoms with van der Waals surface area (Å²) in [6.07, 6.45) is 5.64. The van der Waals surface area contributed by atoms with Gasteiger partial charge in [0, 0.05) is 32.2 Å². The van der Waals surface area contributed by atoms with Gasteiger partial charge < -0.3 is 9.67 Å². The monoisotopic (exact) mass is 314 g/mol. The predicted molar refractivity (Wildman–Crippen MR) is 91.4 cm³/mol. The summed E-state index contributed by atoms with van der Waals surface area (Å²) in [6.45, 7) is 6.01. The molecule has 0 unspecified atom stereocenters. The van der Waals surface area contributed by atoms with Crippen LogP contribution in [0.25, 0.3) is 11.0 Å². The van der Waals surface area contributed by atoms with E-state index in [1.165, 1.54) is 24.8 Å². The lowest BCUT2D eigenvalue weighted by Crippen LogP contribution is -2.45. The van der Waals surface area contributed by atoms with Crippen molar-refractivity contribution in [3.05, 3.63) is 30.6 Å². The number of aliphatic hydroxyl groups excluding tert-OH is 1. The molecule has 0 aliphatic carbocycles. The molecule has 2 aliphatic rings. The number of benzene rings is 1. The third-order valence-corrected chi connectivity index (χ3v) is 5.38. The quantitative estimate of drug-likeness (QED) is 0.930. The number of piperidine rings is 1. The minimum absolute atomic E-state index is 0.201. The van der Waals surface area contributed by atoms with Gasteiger partial charge in [-0.1, -0.05) is 18.6 Å². The molecule has 1 aromatic heterocycles. The second-order valence-electron chi connectivity index (χ2n) is 6.92. The Balaban J connectivity index is 1.36. The standard InChI is InChI=1S/C18H26N4O/c23-18-13-20(12-17(18)21-8-4-1-5-9-21)10-11-22-14-19-15-6-2-3-7-16(15)22/h2-3,6-7,14,17-18,23H,1,4-5,8-13H2/t17-,18-/m0/s1. The van der Waals surface area contributed by atoms with Gasteiger partial charge in [0.1, 0.15) is 0 Å². The summed E-state index contributed by atoms with van der Waals surface area (Å²) in [5.41, 5.74) is 2.25. The molecule has 124 valence electrons. The van der Waals surface area contributed by atoms with E-state index in [9.17, 15) is 5.11 Å². The Morgan fingerprint density at radius 1 is 1.04 bits per heavy atom. The van der Waals surface area contributed by atoms with Crippen LogP contribution in [0, 0.1) is 0 Å². The maximum atomic E-state index is 10.4. The van der Waals surface area contributed by atoms with Crippen molar-refractivity contribution >= 4 is 11.0 Å². The zero-order valence-electron chi connectivity index (χ0n) is 13.6. The molecular weight excluding hydrogens is 288 g/mol. The van der Waals surface area contributed by atoms with Crippen molar-refractivity contribution in [1.82, 2.24) is 19.4 Å². The molecule has 1 N–H and O–H groups in total. The van der Waals surface area contributed by atoms with E-state index in [-0.39, 0.29) is 6.10 Å². The van der Waals surface area contributed by atoms with Crippen molar-refractivity contribution in [3.8, 4) is 0 Å². The Bertz CT molecular complexity index is 649. The van der Waals surface area contributed by atoms with Crippen LogP contribution in [-0.4, -0.2) is 69.3 Å². The first-order chi connectivity index (χ1) is 11.3. The predicted octanol–water partition coefficient (Wildman–Crippen LogP) is 1.57. The first-order valence-corrected chi connectivity index (χ1v) is 8.85. The lowest BCUT2D eigenvalue weighted by atomic mass is 10.1. The van der Waals surface area contributed by atoms with E-state index < -0.39 is 0 Å². The van der Waals surface area contributed by atoms with Crippen LogP contribution < -0.4 is 0 Å². The SMILES string of the molecule is O[C@H]1CN(CCn2cnc3ccccc32)C[C@@H]1N1CCCCC1. The van der Waals surface area contributed by atoms with Crippen LogP contribution in [0.2, 0.25) is 0 Å². The molecular formula is C18H26N4O. The lowest BCUT2D eigenvalue weighted by Gasteiger charge is -2.33. The van der Waals surface area contributed by atoms with Gasteiger partial charge in [-0.2, -0.15) is 0 Å². The molecule has 2 fully saturated rings. The average Bonchev–Trinajstić information content (AvgIpc) is 3.17. The number of fused-ring (bicyclic) bond motifs is 1. The van der Waals surface area contributed by atoms with Gasteiger partial charge in [-0.25, -0.2) is 4.98 Å². The van der Waals surface area contributed by atoms with E-state index in [1.807, 2.05) is 12.4 Å². The van der Waals surface area contributed by atoms with Crippen LogP contribution >= 0.6 is 0 Å². The normalized spacial score (nSPS) is 27.0. The Labute approximate surface area is 137 Å². The van der Waals surface area contributed by atoms with Gasteiger partial charge in [-0.15, -0.1) is 0 Å². The Morgan fingerprint density at radius 3 is 2.74 bits per heavy atom. The summed E-state index contributed by atoms with van der Waals surface area (Å²) in [5.74, 6) is 0. The summed E-state index contributed by atoms with van der Waals surface area (Å²) in [5, 5.41) is 10.4. The van der Waals surface area contributed by atoms with E-state index in [1.54, 1.807) is 0 Å². The Hall–Kier alpha value is -1.43. The molecule has 5 nitrogen and oxygen atoms in total. The summed E-state index contributed by atoms with van der Waals surface area (Å²) in [7, 11) is 0. The van der Waals surface area contributed by atoms with Gasteiger partial charge >= 0.3 is 0 Å². The maximum absolute atomic E-state index is 10.4. The van der Waals surface area contributed by atoms with E-state index in [0.29, 0.717) is 6.04 Å². The van der Waals surface area contributed by atoms with Crippen molar-refractivity contribution < 1.29 is 5.11 Å². The van der Waals surface area contributed by atoms with E-state index >= 15 is 0 Å². The third kappa shape index (κ3) is 3.13. The number of hydrogen-bond donors (Lipinski definition) is 1. The Morgan fingerprint density at radius 2 is 1.87 bits per heavy atom. The molecule has 2 aliphatic heterocycles. The molecule has 23 heavy (non-hydrogen) atoms. The fraction of sp³-hybridized carbons (Fsp3) is 0.611. The summed E-state index contributed by atoms with van der Waals surface area (Å²) >= 11 is 0. The van der Waals surface area contributed by atoms with Crippen molar-refractivity contribution in [2.75, 3.05) is 32.7 Å². The molecule has 0 amide bonds. The number of aliphatic hydroxyl groups is 1. The number of para-hydroxylation sites is 2. The first-order valence-electron chi connectivity index (χ1n) is 8.85. The molecule has 0 saturated carbocycles. The second-order valence-corrected chi connectivity index (χ2v) is 6.92. The van der Waals surface area contributed by atoms with Crippen molar-refractivity contribution in [2.45, 2.75) is 38.0 Å². The van der Waals surface area contributed by atoms with E-state index in [0.717, 1.165) is 44.8 Å². The lowest BCUT2D eigenvalue weighted by molar-refractivity contribution is 0.0706. The number of β-amino-alcohol motifs (C(OH)–C–C–N with tert-alkyl or cyclic N) is 1. The molecule has 0 spiro atoms. The highest BCUT2D eigenvalue weighted by Gasteiger charge is 2.35. The van der Waals surface area contributed by atoms with Gasteiger partial charge in [0.15, 0.2) is 0 Å². The van der Waals surface area contributed by atoms with Crippen molar-refractivity contribution in [1.29, 1.82) is 0 Å². The van der Waals surface area contributed by atoms with Gasteiger partial charge in [-0.05, 0) is 38.1 Å². The molecule has 0 bridgehead atoms. The number of nitrogens with zero attached hydrogens (tertiary/aromatic N) is 4. The summed E-state index contributed by atoms with van der Waals surface area (Å²) in [6, 6.07) is 8.59. The highest BCUT2D eigenvalue weighted by Crippen LogP contribution is 2.21. The van der Waals surface area contributed by atoms with E-state index in [2.05, 4.69) is 37.5 Å². The zero-order chi connectivity index (χ0) is 15.6. The summed E-state index contributed by atoms with van der Waals surface area (Å²) < 4.78 is 2.22. The number of hydrogen-bond acceptors (Lipinski definition) is 4. The van der Waals surface area contributed by atoms with Crippen LogP contribution in [0.3, 0.4) is 0 Å². The Kier molecular flexibility index (Phi) is 4.33. The number of rotatable bonds is 4. The molecule has 2 saturated heterocycles. The molecule has 3 heterocycles. The van der Waals surface area contributed by atoms with Gasteiger partial charge in [0.25, 0.3) is 0 Å². The van der Waals surface area contributed by atoms with Crippen molar-refractivity contribution in [3.63, 3.8) is 0 Å². The molecule has 2 atom stereocenters. The molecule has 4 rings (SSSR count). The number of likely N-dealkylation sites (tertiary alicyclic amines) is 2. The molecule has 1 aromatic carbocycles. The second kappa shape index (κ2) is 6.59. The smallest absolute Gasteiger partial charge is 0.0958 e. The minimum Gasteiger partial charge on any atom is -0.390 e. The molecule has 2 aromatic rings. The van der Waals surface area contributed by atoms with Gasteiger partial charge in [0.05, 0.1) is 23.5 Å². The van der Waals surface area contributed by atoms with Crippen LogP contribution in [-0.2, 0) is 6.54 Å². The van der Waals surface area contributed by atoms with Crippen molar-refractivity contribution in [2.24, 2.45) is 0 Å². The topological polar surface area (TPSA) is 44.5 Å². The zero-order valence-corrected chi connectivity index (χ0v) is 13.6. The van der Waals surface area contributed by atoms with Crippen LogP contribution in [0.1, 0.15) is 19.3 Å². The number of imidazole rings is 1. The summed E-state index contributed by atoms with van der Waals surface area (Å²) in [4.78, 5) is 9.36. The van der Waals surface area contributed by atoms with Gasteiger partial charge in [0.2, 0.25) is 0 Å².